The fourth-order valence-corrected chi connectivity index (χ4v) is 2.48. The minimum atomic E-state index is -0.454. The summed E-state index contributed by atoms with van der Waals surface area (Å²) in [5.74, 6) is -0.368. The summed E-state index contributed by atoms with van der Waals surface area (Å²) < 4.78 is 13.7. The molecule has 1 aromatic carbocycles. The van der Waals surface area contributed by atoms with Gasteiger partial charge in [0.15, 0.2) is 5.78 Å². The maximum absolute atomic E-state index is 13.7. The Bertz CT molecular complexity index is 439. The van der Waals surface area contributed by atoms with Gasteiger partial charge in [-0.3, -0.25) is 4.79 Å². The molecule has 0 atom stereocenters. The molecule has 0 aliphatic carbocycles. The number of anilines is 1. The van der Waals surface area contributed by atoms with Gasteiger partial charge in [0, 0.05) is 19.7 Å². The molecule has 4 heteroatoms. The van der Waals surface area contributed by atoms with Gasteiger partial charge in [0.1, 0.15) is 5.82 Å². The summed E-state index contributed by atoms with van der Waals surface area (Å²) in [6, 6.07) is 4.75. The number of hydrogen-bond acceptors (Lipinski definition) is 3. The SMILES string of the molecule is CC(=O)c1c(F)cccc1N1CCC(CO)CC1. The third-order valence-electron chi connectivity index (χ3n) is 3.56. The van der Waals surface area contributed by atoms with Gasteiger partial charge < -0.3 is 10.0 Å². The molecule has 0 bridgehead atoms. The number of Topliss-reactive ketones (excluding diaryl/α,β-unsaturated/α-hetero) is 1. The number of benzene rings is 1. The van der Waals surface area contributed by atoms with Gasteiger partial charge in [-0.05, 0) is 37.8 Å². The van der Waals surface area contributed by atoms with Gasteiger partial charge in [0.2, 0.25) is 0 Å². The summed E-state index contributed by atoms with van der Waals surface area (Å²) in [6.07, 6.45) is 1.76. The fraction of sp³-hybridized carbons (Fsp3) is 0.500. The van der Waals surface area contributed by atoms with E-state index in [2.05, 4.69) is 0 Å². The van der Waals surface area contributed by atoms with Crippen molar-refractivity contribution in [2.24, 2.45) is 5.92 Å². The van der Waals surface area contributed by atoms with Crippen molar-refractivity contribution in [3.05, 3.63) is 29.6 Å². The number of ketones is 1. The van der Waals surface area contributed by atoms with Crippen molar-refractivity contribution < 1.29 is 14.3 Å². The van der Waals surface area contributed by atoms with E-state index in [9.17, 15) is 9.18 Å². The van der Waals surface area contributed by atoms with Gasteiger partial charge in [0.05, 0.1) is 11.3 Å². The number of aliphatic hydroxyl groups excluding tert-OH is 1. The molecule has 0 saturated carbocycles. The lowest BCUT2D eigenvalue weighted by Gasteiger charge is -2.33. The van der Waals surface area contributed by atoms with Crippen LogP contribution in [0.2, 0.25) is 0 Å². The highest BCUT2D eigenvalue weighted by molar-refractivity contribution is 6.00. The summed E-state index contributed by atoms with van der Waals surface area (Å²) >= 11 is 0. The number of piperidine rings is 1. The van der Waals surface area contributed by atoms with Crippen molar-refractivity contribution >= 4 is 11.5 Å². The van der Waals surface area contributed by atoms with E-state index in [1.54, 1.807) is 12.1 Å². The van der Waals surface area contributed by atoms with E-state index in [0.717, 1.165) is 25.9 Å². The van der Waals surface area contributed by atoms with Crippen LogP contribution in [0, 0.1) is 11.7 Å². The van der Waals surface area contributed by atoms with E-state index in [1.807, 2.05) is 4.90 Å². The second-order valence-electron chi connectivity index (χ2n) is 4.80. The number of carbonyl (C=O) groups excluding carboxylic acids is 1. The number of carbonyl (C=O) groups is 1. The van der Waals surface area contributed by atoms with Gasteiger partial charge in [-0.2, -0.15) is 0 Å². The fourth-order valence-electron chi connectivity index (χ4n) is 2.48. The van der Waals surface area contributed by atoms with E-state index >= 15 is 0 Å². The van der Waals surface area contributed by atoms with E-state index in [-0.39, 0.29) is 18.0 Å². The molecule has 2 rings (SSSR count). The molecule has 3 nitrogen and oxygen atoms in total. The second-order valence-corrected chi connectivity index (χ2v) is 4.80. The first-order valence-corrected chi connectivity index (χ1v) is 6.28. The van der Waals surface area contributed by atoms with Crippen molar-refractivity contribution in [3.8, 4) is 0 Å². The van der Waals surface area contributed by atoms with Gasteiger partial charge in [-0.15, -0.1) is 0 Å². The van der Waals surface area contributed by atoms with Gasteiger partial charge in [0.25, 0.3) is 0 Å². The van der Waals surface area contributed by atoms with Crippen LogP contribution in [-0.2, 0) is 0 Å². The van der Waals surface area contributed by atoms with E-state index in [4.69, 9.17) is 5.11 Å². The summed E-state index contributed by atoms with van der Waals surface area (Å²) in [7, 11) is 0. The predicted octanol–water partition coefficient (Wildman–Crippen LogP) is 2.24. The second kappa shape index (κ2) is 5.48. The lowest BCUT2D eigenvalue weighted by molar-refractivity contribution is 0.101. The van der Waals surface area contributed by atoms with Gasteiger partial charge in [-0.1, -0.05) is 6.07 Å². The standard InChI is InChI=1S/C14H18FNO2/c1-10(18)14-12(15)3-2-4-13(14)16-7-5-11(9-17)6-8-16/h2-4,11,17H,5-9H2,1H3. The Morgan fingerprint density at radius 2 is 2.11 bits per heavy atom. The highest BCUT2D eigenvalue weighted by Crippen LogP contribution is 2.28. The summed E-state index contributed by atoms with van der Waals surface area (Å²) in [4.78, 5) is 13.6. The van der Waals surface area contributed by atoms with Crippen molar-refractivity contribution in [1.29, 1.82) is 0 Å². The Labute approximate surface area is 106 Å². The highest BCUT2D eigenvalue weighted by atomic mass is 19.1. The molecule has 1 fully saturated rings. The van der Waals surface area contributed by atoms with Crippen molar-refractivity contribution in [2.75, 3.05) is 24.6 Å². The maximum Gasteiger partial charge on any atom is 0.164 e. The van der Waals surface area contributed by atoms with Gasteiger partial charge >= 0.3 is 0 Å². The van der Waals surface area contributed by atoms with Crippen molar-refractivity contribution in [2.45, 2.75) is 19.8 Å². The Morgan fingerprint density at radius 1 is 1.44 bits per heavy atom. The van der Waals surface area contributed by atoms with Crippen molar-refractivity contribution in [3.63, 3.8) is 0 Å². The first kappa shape index (κ1) is 13.0. The Hall–Kier alpha value is -1.42. The lowest BCUT2D eigenvalue weighted by Crippen LogP contribution is -2.35. The van der Waals surface area contributed by atoms with E-state index in [1.165, 1.54) is 13.0 Å². The summed E-state index contributed by atoms with van der Waals surface area (Å²) in [6.45, 7) is 3.11. The van der Waals surface area contributed by atoms with Crippen LogP contribution in [-0.4, -0.2) is 30.6 Å². The molecule has 18 heavy (non-hydrogen) atoms. The molecule has 1 aliphatic heterocycles. The lowest BCUT2D eigenvalue weighted by atomic mass is 9.96. The molecule has 0 aromatic heterocycles. The Kier molecular flexibility index (Phi) is 3.97. The molecular weight excluding hydrogens is 233 g/mol. The van der Waals surface area contributed by atoms with E-state index < -0.39 is 5.82 Å². The third-order valence-corrected chi connectivity index (χ3v) is 3.56. The molecule has 0 unspecified atom stereocenters. The zero-order valence-corrected chi connectivity index (χ0v) is 10.5. The van der Waals surface area contributed by atoms with Crippen LogP contribution in [0.3, 0.4) is 0 Å². The van der Waals surface area contributed by atoms with Crippen LogP contribution in [0.5, 0.6) is 0 Å². The normalized spacial score (nSPS) is 16.9. The highest BCUT2D eigenvalue weighted by Gasteiger charge is 2.23. The minimum Gasteiger partial charge on any atom is -0.396 e. The molecule has 1 aromatic rings. The summed E-state index contributed by atoms with van der Waals surface area (Å²) in [5.41, 5.74) is 0.860. The van der Waals surface area contributed by atoms with Crippen LogP contribution < -0.4 is 4.90 Å². The zero-order valence-electron chi connectivity index (χ0n) is 10.5. The molecule has 0 spiro atoms. The first-order chi connectivity index (χ1) is 8.63. The van der Waals surface area contributed by atoms with Gasteiger partial charge in [-0.25, -0.2) is 4.39 Å². The molecule has 98 valence electrons. The maximum atomic E-state index is 13.7. The largest absolute Gasteiger partial charge is 0.396 e. The molecule has 0 radical (unpaired) electrons. The monoisotopic (exact) mass is 251 g/mol. The van der Waals surface area contributed by atoms with Crippen molar-refractivity contribution in [1.82, 2.24) is 0 Å². The predicted molar refractivity (Wildman–Crippen MR) is 68.4 cm³/mol. The zero-order chi connectivity index (χ0) is 13.1. The molecular formula is C14H18FNO2. The number of hydrogen-bond donors (Lipinski definition) is 1. The number of rotatable bonds is 3. The minimum absolute atomic E-state index is 0.181. The molecule has 1 heterocycles. The molecule has 0 amide bonds. The molecule has 1 aliphatic rings. The van der Waals surface area contributed by atoms with Crippen LogP contribution >= 0.6 is 0 Å². The Balaban J connectivity index is 2.24. The number of aliphatic hydroxyl groups is 1. The van der Waals surface area contributed by atoms with Crippen LogP contribution in [0.4, 0.5) is 10.1 Å². The van der Waals surface area contributed by atoms with Crippen LogP contribution in [0.25, 0.3) is 0 Å². The first-order valence-electron chi connectivity index (χ1n) is 6.28. The summed E-state index contributed by atoms with van der Waals surface area (Å²) in [5, 5.41) is 9.10. The third kappa shape index (κ3) is 2.53. The average molecular weight is 251 g/mol. The topological polar surface area (TPSA) is 40.5 Å². The number of nitrogens with zero attached hydrogens (tertiary/aromatic N) is 1. The molecule has 1 N–H and O–H groups in total. The van der Waals surface area contributed by atoms with Crippen LogP contribution in [0.1, 0.15) is 30.1 Å². The quantitative estimate of drug-likeness (QED) is 0.837. The van der Waals surface area contributed by atoms with Crippen LogP contribution in [0.15, 0.2) is 18.2 Å². The van der Waals surface area contributed by atoms with E-state index in [0.29, 0.717) is 11.6 Å². The average Bonchev–Trinajstić information content (AvgIpc) is 2.38. The number of halogens is 1. The molecule has 1 saturated heterocycles. The Morgan fingerprint density at radius 3 is 2.67 bits per heavy atom. The smallest absolute Gasteiger partial charge is 0.164 e.